The van der Waals surface area contributed by atoms with Crippen molar-refractivity contribution in [3.63, 3.8) is 0 Å². The van der Waals surface area contributed by atoms with E-state index >= 15 is 0 Å². The van der Waals surface area contributed by atoms with Gasteiger partial charge in [0.15, 0.2) is 5.82 Å². The molecular weight excluding hydrogens is 448 g/mol. The first-order chi connectivity index (χ1) is 16.9. The van der Waals surface area contributed by atoms with Crippen molar-refractivity contribution in [2.75, 3.05) is 31.1 Å². The molecule has 1 fully saturated rings. The van der Waals surface area contributed by atoms with Crippen molar-refractivity contribution in [2.24, 2.45) is 7.05 Å². The standard InChI is InChI=1S/C26H27F2N7/c1-17(2)10-21-12-23-24(14-29-21)32-26(25(31-23)19-13-30-33(3)15-19)35-8-6-34(7-9-35)16-18-4-5-20(27)11-22(18)28/h4-5,10-15H,6-9,16H2,1-3H3. The Morgan fingerprint density at radius 3 is 2.49 bits per heavy atom. The van der Waals surface area contributed by atoms with E-state index in [4.69, 9.17) is 9.97 Å². The first-order valence-corrected chi connectivity index (χ1v) is 11.6. The number of aromatic nitrogens is 5. The van der Waals surface area contributed by atoms with Crippen molar-refractivity contribution in [3.05, 3.63) is 71.3 Å². The Balaban J connectivity index is 1.43. The zero-order valence-corrected chi connectivity index (χ0v) is 20.0. The maximum atomic E-state index is 14.1. The van der Waals surface area contributed by atoms with Crippen LogP contribution in [0, 0.1) is 11.6 Å². The van der Waals surface area contributed by atoms with E-state index in [2.05, 4.69) is 19.9 Å². The number of fused-ring (bicyclic) bond motifs is 1. The molecule has 0 N–H and O–H groups in total. The molecule has 9 heteroatoms. The lowest BCUT2D eigenvalue weighted by molar-refractivity contribution is 0.246. The van der Waals surface area contributed by atoms with Crippen LogP contribution in [-0.4, -0.2) is 55.8 Å². The number of rotatable bonds is 5. The smallest absolute Gasteiger partial charge is 0.156 e. The number of hydrogen-bond donors (Lipinski definition) is 0. The molecule has 0 spiro atoms. The normalized spacial score (nSPS) is 14.5. The molecular formula is C26H27F2N7. The van der Waals surface area contributed by atoms with Gasteiger partial charge in [0, 0.05) is 63.2 Å². The predicted octanol–water partition coefficient (Wildman–Crippen LogP) is 4.45. The number of hydrogen-bond acceptors (Lipinski definition) is 6. The Kier molecular flexibility index (Phi) is 6.25. The van der Waals surface area contributed by atoms with Crippen molar-refractivity contribution < 1.29 is 8.78 Å². The van der Waals surface area contributed by atoms with Gasteiger partial charge in [-0.3, -0.25) is 14.6 Å². The summed E-state index contributed by atoms with van der Waals surface area (Å²) in [6.45, 7) is 7.37. The van der Waals surface area contributed by atoms with Gasteiger partial charge in [-0.05, 0) is 32.1 Å². The van der Waals surface area contributed by atoms with Gasteiger partial charge < -0.3 is 4.90 Å². The van der Waals surface area contributed by atoms with Crippen molar-refractivity contribution >= 4 is 22.9 Å². The van der Waals surface area contributed by atoms with Gasteiger partial charge in [0.05, 0.1) is 23.6 Å². The lowest BCUT2D eigenvalue weighted by Gasteiger charge is -2.36. The summed E-state index contributed by atoms with van der Waals surface area (Å²) in [5.41, 5.74) is 5.69. The number of aryl methyl sites for hydroxylation is 1. The summed E-state index contributed by atoms with van der Waals surface area (Å²) in [5.74, 6) is -0.280. The average Bonchev–Trinajstić information content (AvgIpc) is 3.26. The van der Waals surface area contributed by atoms with E-state index < -0.39 is 11.6 Å². The number of piperazine rings is 1. The molecule has 7 nitrogen and oxygen atoms in total. The first-order valence-electron chi connectivity index (χ1n) is 11.6. The van der Waals surface area contributed by atoms with Crippen LogP contribution >= 0.6 is 0 Å². The van der Waals surface area contributed by atoms with Crippen molar-refractivity contribution in [1.82, 2.24) is 29.6 Å². The Bertz CT molecular complexity index is 1400. The van der Waals surface area contributed by atoms with E-state index in [1.54, 1.807) is 17.1 Å². The molecule has 0 amide bonds. The lowest BCUT2D eigenvalue weighted by atomic mass is 10.1. The molecule has 0 aliphatic carbocycles. The highest BCUT2D eigenvalue weighted by atomic mass is 19.1. The molecule has 1 saturated heterocycles. The van der Waals surface area contributed by atoms with Gasteiger partial charge >= 0.3 is 0 Å². The number of benzene rings is 1. The van der Waals surface area contributed by atoms with Crippen LogP contribution in [0.3, 0.4) is 0 Å². The van der Waals surface area contributed by atoms with Gasteiger partial charge in [0.1, 0.15) is 22.8 Å². The highest BCUT2D eigenvalue weighted by Crippen LogP contribution is 2.30. The number of pyridine rings is 1. The molecule has 1 aliphatic heterocycles. The van der Waals surface area contributed by atoms with Gasteiger partial charge in [0.25, 0.3) is 0 Å². The van der Waals surface area contributed by atoms with Crippen molar-refractivity contribution in [3.8, 4) is 11.3 Å². The first kappa shape index (κ1) is 23.0. The number of anilines is 1. The zero-order chi connectivity index (χ0) is 24.5. The summed E-state index contributed by atoms with van der Waals surface area (Å²) in [5, 5.41) is 4.33. The van der Waals surface area contributed by atoms with Gasteiger partial charge in [-0.15, -0.1) is 0 Å². The molecule has 0 radical (unpaired) electrons. The van der Waals surface area contributed by atoms with E-state index in [1.165, 1.54) is 12.1 Å². The number of nitrogens with zero attached hydrogens (tertiary/aromatic N) is 7. The molecule has 35 heavy (non-hydrogen) atoms. The van der Waals surface area contributed by atoms with Crippen LogP contribution in [0.25, 0.3) is 28.4 Å². The van der Waals surface area contributed by atoms with E-state index in [1.807, 2.05) is 39.2 Å². The fourth-order valence-electron chi connectivity index (χ4n) is 4.31. The number of halogens is 2. The molecule has 1 aliphatic rings. The molecule has 180 valence electrons. The predicted molar refractivity (Wildman–Crippen MR) is 133 cm³/mol. The lowest BCUT2D eigenvalue weighted by Crippen LogP contribution is -2.46. The minimum atomic E-state index is -0.559. The summed E-state index contributed by atoms with van der Waals surface area (Å²) in [7, 11) is 1.88. The third-order valence-corrected chi connectivity index (χ3v) is 6.05. The van der Waals surface area contributed by atoms with Gasteiger partial charge in [-0.25, -0.2) is 18.7 Å². The van der Waals surface area contributed by atoms with Gasteiger partial charge in [-0.1, -0.05) is 11.6 Å². The summed E-state index contributed by atoms with van der Waals surface area (Å²) < 4.78 is 29.1. The minimum absolute atomic E-state index is 0.440. The van der Waals surface area contributed by atoms with Crippen LogP contribution in [0.1, 0.15) is 25.1 Å². The number of allylic oxidation sites excluding steroid dienone is 1. The molecule has 0 saturated carbocycles. The largest absolute Gasteiger partial charge is 0.352 e. The highest BCUT2D eigenvalue weighted by molar-refractivity contribution is 5.84. The summed E-state index contributed by atoms with van der Waals surface area (Å²) in [4.78, 5) is 18.8. The SMILES string of the molecule is CC(C)=Cc1cc2nc(-c3cnn(C)c3)c(N3CCN(Cc4ccc(F)cc4F)CC3)nc2cn1. The minimum Gasteiger partial charge on any atom is -0.352 e. The molecule has 0 unspecified atom stereocenters. The maximum Gasteiger partial charge on any atom is 0.156 e. The molecule has 1 aromatic carbocycles. The molecule has 5 rings (SSSR count). The molecule has 0 bridgehead atoms. The summed E-state index contributed by atoms with van der Waals surface area (Å²) in [6, 6.07) is 5.71. The third-order valence-electron chi connectivity index (χ3n) is 6.05. The van der Waals surface area contributed by atoms with Crippen molar-refractivity contribution in [1.29, 1.82) is 0 Å². The second kappa shape index (κ2) is 9.50. The van der Waals surface area contributed by atoms with E-state index in [9.17, 15) is 8.78 Å². The second-order valence-corrected chi connectivity index (χ2v) is 9.12. The zero-order valence-electron chi connectivity index (χ0n) is 20.0. The Morgan fingerprint density at radius 1 is 1.00 bits per heavy atom. The summed E-state index contributed by atoms with van der Waals surface area (Å²) in [6.07, 6.45) is 7.51. The van der Waals surface area contributed by atoms with Crippen LogP contribution in [0.2, 0.25) is 0 Å². The van der Waals surface area contributed by atoms with Crippen LogP contribution in [0.15, 0.2) is 48.4 Å². The molecule has 0 atom stereocenters. The van der Waals surface area contributed by atoms with E-state index in [0.717, 1.165) is 58.5 Å². The fraction of sp³-hybridized carbons (Fsp3) is 0.308. The molecule has 4 heterocycles. The second-order valence-electron chi connectivity index (χ2n) is 9.12. The monoisotopic (exact) mass is 475 g/mol. The van der Waals surface area contributed by atoms with Crippen LogP contribution in [0.4, 0.5) is 14.6 Å². The fourth-order valence-corrected chi connectivity index (χ4v) is 4.31. The molecule has 4 aromatic rings. The molecule has 3 aromatic heterocycles. The third kappa shape index (κ3) is 5.05. The van der Waals surface area contributed by atoms with Gasteiger partial charge in [-0.2, -0.15) is 5.10 Å². The topological polar surface area (TPSA) is 63.0 Å². The Morgan fingerprint density at radius 2 is 1.80 bits per heavy atom. The van der Waals surface area contributed by atoms with Gasteiger partial charge in [0.2, 0.25) is 0 Å². The Hall–Kier alpha value is -3.72. The average molecular weight is 476 g/mol. The van der Waals surface area contributed by atoms with Crippen LogP contribution in [0.5, 0.6) is 0 Å². The van der Waals surface area contributed by atoms with E-state index in [-0.39, 0.29) is 0 Å². The van der Waals surface area contributed by atoms with Crippen LogP contribution in [-0.2, 0) is 13.6 Å². The van der Waals surface area contributed by atoms with Crippen LogP contribution < -0.4 is 4.90 Å². The quantitative estimate of drug-likeness (QED) is 0.425. The Labute approximate surface area is 202 Å². The maximum absolute atomic E-state index is 14.1. The van der Waals surface area contributed by atoms with Crippen molar-refractivity contribution in [2.45, 2.75) is 20.4 Å². The summed E-state index contributed by atoms with van der Waals surface area (Å²) >= 11 is 0. The van der Waals surface area contributed by atoms with E-state index in [0.29, 0.717) is 25.2 Å². The highest BCUT2D eigenvalue weighted by Gasteiger charge is 2.24.